The third kappa shape index (κ3) is 8.52. The Morgan fingerprint density at radius 1 is 0.929 bits per heavy atom. The van der Waals surface area contributed by atoms with Gasteiger partial charge in [-0.25, -0.2) is 0 Å². The van der Waals surface area contributed by atoms with Gasteiger partial charge in [0.15, 0.2) is 0 Å². The lowest BCUT2D eigenvalue weighted by Crippen LogP contribution is -2.26. The van der Waals surface area contributed by atoms with Crippen LogP contribution in [0.3, 0.4) is 0 Å². The highest BCUT2D eigenvalue weighted by molar-refractivity contribution is 4.67. The Labute approximate surface area is 89.0 Å². The first-order valence-corrected chi connectivity index (χ1v) is 5.84. The van der Waals surface area contributed by atoms with Crippen LogP contribution in [0.15, 0.2) is 0 Å². The molecule has 0 N–H and O–H groups in total. The molecule has 0 aromatic carbocycles. The largest absolute Gasteiger partial charge is 0.379 e. The fraction of sp³-hybridized carbons (Fsp3) is 1.00. The summed E-state index contributed by atoms with van der Waals surface area (Å²) >= 11 is 0. The fourth-order valence-corrected chi connectivity index (χ4v) is 1.30. The summed E-state index contributed by atoms with van der Waals surface area (Å²) < 4.78 is 11.1. The lowest BCUT2D eigenvalue weighted by Gasteiger charge is -2.25. The molecule has 0 bridgehead atoms. The predicted octanol–water partition coefficient (Wildman–Crippen LogP) is 3.40. The van der Waals surface area contributed by atoms with Crippen molar-refractivity contribution in [3.8, 4) is 0 Å². The molecule has 0 unspecified atom stereocenters. The molecule has 86 valence electrons. The van der Waals surface area contributed by atoms with Crippen molar-refractivity contribution in [3.05, 3.63) is 0 Å². The standard InChI is InChI=1S/C12H26O2/c1-5-7-8-12(3,4)14-11-10-13-9-6-2/h5-11H2,1-4H3. The second-order valence-electron chi connectivity index (χ2n) is 4.32. The molecule has 0 aliphatic rings. The van der Waals surface area contributed by atoms with E-state index in [1.807, 2.05) is 0 Å². The normalized spacial score (nSPS) is 12.0. The van der Waals surface area contributed by atoms with Gasteiger partial charge < -0.3 is 9.47 Å². The first-order chi connectivity index (χ1) is 6.62. The number of hydrogen-bond acceptors (Lipinski definition) is 2. The first-order valence-electron chi connectivity index (χ1n) is 5.84. The minimum absolute atomic E-state index is 0.0194. The van der Waals surface area contributed by atoms with Crippen molar-refractivity contribution in [1.82, 2.24) is 0 Å². The van der Waals surface area contributed by atoms with Gasteiger partial charge in [0.1, 0.15) is 0 Å². The van der Waals surface area contributed by atoms with E-state index in [0.717, 1.165) is 32.7 Å². The van der Waals surface area contributed by atoms with Gasteiger partial charge in [-0.05, 0) is 26.7 Å². The quantitative estimate of drug-likeness (QED) is 0.533. The third-order valence-corrected chi connectivity index (χ3v) is 2.20. The smallest absolute Gasteiger partial charge is 0.0707 e. The van der Waals surface area contributed by atoms with E-state index in [1.165, 1.54) is 12.8 Å². The van der Waals surface area contributed by atoms with Crippen molar-refractivity contribution in [1.29, 1.82) is 0 Å². The van der Waals surface area contributed by atoms with Crippen molar-refractivity contribution in [3.63, 3.8) is 0 Å². The minimum atomic E-state index is 0.0194. The molecule has 2 nitrogen and oxygen atoms in total. The maximum absolute atomic E-state index is 5.75. The molecule has 0 fully saturated rings. The van der Waals surface area contributed by atoms with Gasteiger partial charge in [0, 0.05) is 6.61 Å². The summed E-state index contributed by atoms with van der Waals surface area (Å²) in [6.45, 7) is 10.9. The van der Waals surface area contributed by atoms with E-state index in [1.54, 1.807) is 0 Å². The van der Waals surface area contributed by atoms with Crippen molar-refractivity contribution in [2.45, 2.75) is 59.0 Å². The van der Waals surface area contributed by atoms with Crippen molar-refractivity contribution >= 4 is 0 Å². The number of hydrogen-bond donors (Lipinski definition) is 0. The molecular weight excluding hydrogens is 176 g/mol. The van der Waals surface area contributed by atoms with Gasteiger partial charge >= 0.3 is 0 Å². The van der Waals surface area contributed by atoms with E-state index in [2.05, 4.69) is 27.7 Å². The van der Waals surface area contributed by atoms with Gasteiger partial charge in [0.05, 0.1) is 18.8 Å². The van der Waals surface area contributed by atoms with Crippen LogP contribution in [0.2, 0.25) is 0 Å². The lowest BCUT2D eigenvalue weighted by atomic mass is 10.0. The maximum atomic E-state index is 5.75. The van der Waals surface area contributed by atoms with Crippen molar-refractivity contribution in [2.24, 2.45) is 0 Å². The molecule has 0 saturated heterocycles. The number of unbranched alkanes of at least 4 members (excludes halogenated alkanes) is 1. The molecule has 0 aliphatic heterocycles. The average molecular weight is 202 g/mol. The highest BCUT2D eigenvalue weighted by Gasteiger charge is 2.16. The van der Waals surface area contributed by atoms with Gasteiger partial charge in [0.25, 0.3) is 0 Å². The van der Waals surface area contributed by atoms with Crippen molar-refractivity contribution < 1.29 is 9.47 Å². The number of ether oxygens (including phenoxy) is 2. The predicted molar refractivity (Wildman–Crippen MR) is 60.7 cm³/mol. The molecule has 0 spiro atoms. The summed E-state index contributed by atoms with van der Waals surface area (Å²) in [5.41, 5.74) is 0.0194. The Bertz CT molecular complexity index is 121. The Kier molecular flexibility index (Phi) is 8.20. The maximum Gasteiger partial charge on any atom is 0.0707 e. The van der Waals surface area contributed by atoms with Crippen LogP contribution in [0.4, 0.5) is 0 Å². The van der Waals surface area contributed by atoms with Gasteiger partial charge in [-0.1, -0.05) is 26.7 Å². The Morgan fingerprint density at radius 3 is 2.21 bits per heavy atom. The van der Waals surface area contributed by atoms with Crippen LogP contribution in [0.25, 0.3) is 0 Å². The van der Waals surface area contributed by atoms with Gasteiger partial charge in [0.2, 0.25) is 0 Å². The Hall–Kier alpha value is -0.0800. The highest BCUT2D eigenvalue weighted by atomic mass is 16.5. The Morgan fingerprint density at radius 2 is 1.64 bits per heavy atom. The molecule has 0 heterocycles. The summed E-state index contributed by atoms with van der Waals surface area (Å²) in [5, 5.41) is 0. The van der Waals surface area contributed by atoms with Crippen LogP contribution in [-0.2, 0) is 9.47 Å². The average Bonchev–Trinajstić information content (AvgIpc) is 2.15. The molecule has 0 rings (SSSR count). The Balaban J connectivity index is 3.35. The van der Waals surface area contributed by atoms with Crippen LogP contribution < -0.4 is 0 Å². The zero-order valence-electron chi connectivity index (χ0n) is 10.3. The van der Waals surface area contributed by atoms with Gasteiger partial charge in [-0.2, -0.15) is 0 Å². The second kappa shape index (κ2) is 8.25. The summed E-state index contributed by atoms with van der Waals surface area (Å²) in [6, 6.07) is 0. The molecule has 0 aliphatic carbocycles. The van der Waals surface area contributed by atoms with E-state index < -0.39 is 0 Å². The van der Waals surface area contributed by atoms with Gasteiger partial charge in [-0.3, -0.25) is 0 Å². The van der Waals surface area contributed by atoms with E-state index >= 15 is 0 Å². The van der Waals surface area contributed by atoms with Crippen LogP contribution in [-0.4, -0.2) is 25.4 Å². The molecule has 0 radical (unpaired) electrons. The van der Waals surface area contributed by atoms with Crippen LogP contribution in [0.1, 0.15) is 53.4 Å². The van der Waals surface area contributed by atoms with Crippen LogP contribution in [0, 0.1) is 0 Å². The molecular formula is C12H26O2. The summed E-state index contributed by atoms with van der Waals surface area (Å²) in [4.78, 5) is 0. The van der Waals surface area contributed by atoms with Crippen molar-refractivity contribution in [2.75, 3.05) is 19.8 Å². The van der Waals surface area contributed by atoms with E-state index in [-0.39, 0.29) is 5.60 Å². The first kappa shape index (κ1) is 13.9. The van der Waals surface area contributed by atoms with Gasteiger partial charge in [-0.15, -0.1) is 0 Å². The molecule has 0 aromatic heterocycles. The molecule has 14 heavy (non-hydrogen) atoms. The lowest BCUT2D eigenvalue weighted by molar-refractivity contribution is -0.0510. The van der Waals surface area contributed by atoms with E-state index in [0.29, 0.717) is 0 Å². The fourth-order valence-electron chi connectivity index (χ4n) is 1.30. The highest BCUT2D eigenvalue weighted by Crippen LogP contribution is 2.17. The zero-order valence-corrected chi connectivity index (χ0v) is 10.3. The second-order valence-corrected chi connectivity index (χ2v) is 4.32. The topological polar surface area (TPSA) is 18.5 Å². The number of rotatable bonds is 9. The molecule has 0 saturated carbocycles. The SMILES string of the molecule is CCCCC(C)(C)OCCOCCC. The molecule has 0 amide bonds. The summed E-state index contributed by atoms with van der Waals surface area (Å²) in [5.74, 6) is 0. The molecule has 0 aromatic rings. The monoisotopic (exact) mass is 202 g/mol. The van der Waals surface area contributed by atoms with E-state index in [9.17, 15) is 0 Å². The molecule has 0 atom stereocenters. The zero-order chi connectivity index (χ0) is 10.9. The molecule has 2 heteroatoms. The summed E-state index contributed by atoms with van der Waals surface area (Å²) in [6.07, 6.45) is 4.69. The van der Waals surface area contributed by atoms with Crippen LogP contribution in [0.5, 0.6) is 0 Å². The minimum Gasteiger partial charge on any atom is -0.379 e. The van der Waals surface area contributed by atoms with Crippen LogP contribution >= 0.6 is 0 Å². The third-order valence-electron chi connectivity index (χ3n) is 2.20. The van der Waals surface area contributed by atoms with E-state index in [4.69, 9.17) is 9.47 Å². The summed E-state index contributed by atoms with van der Waals surface area (Å²) in [7, 11) is 0.